The van der Waals surface area contributed by atoms with Crippen molar-refractivity contribution in [2.75, 3.05) is 0 Å². The van der Waals surface area contributed by atoms with Gasteiger partial charge in [0.15, 0.2) is 11.6 Å². The lowest BCUT2D eigenvalue weighted by molar-refractivity contribution is 0.304. The molecule has 2 nitrogen and oxygen atoms in total. The van der Waals surface area contributed by atoms with Gasteiger partial charge in [0.05, 0.1) is 11.5 Å². The number of rotatable bonds is 1. The molecule has 1 N–H and O–H groups in total. The van der Waals surface area contributed by atoms with Gasteiger partial charge in [-0.3, -0.25) is 0 Å². The fourth-order valence-corrected chi connectivity index (χ4v) is 1.90. The van der Waals surface area contributed by atoms with Crippen LogP contribution in [0.1, 0.15) is 24.8 Å². The minimum absolute atomic E-state index is 0.0775. The van der Waals surface area contributed by atoms with Crippen LogP contribution >= 0.6 is 0 Å². The van der Waals surface area contributed by atoms with E-state index in [9.17, 15) is 13.9 Å². The van der Waals surface area contributed by atoms with E-state index in [-0.39, 0.29) is 5.56 Å². The van der Waals surface area contributed by atoms with Crippen molar-refractivity contribution in [2.24, 2.45) is 0 Å². The van der Waals surface area contributed by atoms with E-state index in [4.69, 9.17) is 5.26 Å². The average Bonchev–Trinajstić information content (AvgIpc) is 2.12. The molecule has 1 saturated carbocycles. The highest BCUT2D eigenvalue weighted by Crippen LogP contribution is 2.47. The van der Waals surface area contributed by atoms with E-state index in [0.717, 1.165) is 12.5 Å². The standard InChI is InChI=1S/C11H9F2NO/c12-7-4-8(10(15)9(13)5-7)11(6-14)2-1-3-11/h4-5,15H,1-3H2. The van der Waals surface area contributed by atoms with Crippen molar-refractivity contribution in [3.63, 3.8) is 0 Å². The molecule has 0 aliphatic heterocycles. The van der Waals surface area contributed by atoms with E-state index in [1.807, 2.05) is 6.07 Å². The Morgan fingerprint density at radius 1 is 1.33 bits per heavy atom. The minimum Gasteiger partial charge on any atom is -0.505 e. The van der Waals surface area contributed by atoms with E-state index in [2.05, 4.69) is 0 Å². The molecule has 4 heteroatoms. The Hall–Kier alpha value is -1.63. The number of phenolic OH excluding ortho intramolecular Hbond substituents is 1. The topological polar surface area (TPSA) is 44.0 Å². The lowest BCUT2D eigenvalue weighted by Crippen LogP contribution is -2.32. The molecule has 0 radical (unpaired) electrons. The van der Waals surface area contributed by atoms with Gasteiger partial charge in [0.1, 0.15) is 5.82 Å². The summed E-state index contributed by atoms with van der Waals surface area (Å²) in [6.07, 6.45) is 1.92. The second kappa shape index (κ2) is 3.20. The SMILES string of the molecule is N#CC1(c2cc(F)cc(F)c2O)CCC1. The molecule has 0 amide bonds. The van der Waals surface area contributed by atoms with Crippen LogP contribution in [-0.2, 0) is 5.41 Å². The van der Waals surface area contributed by atoms with Crippen molar-refractivity contribution >= 4 is 0 Å². The van der Waals surface area contributed by atoms with Gasteiger partial charge in [-0.05, 0) is 25.3 Å². The Morgan fingerprint density at radius 2 is 2.00 bits per heavy atom. The molecule has 0 atom stereocenters. The molecular formula is C11H9F2NO. The Balaban J connectivity index is 2.57. The Morgan fingerprint density at radius 3 is 2.47 bits per heavy atom. The smallest absolute Gasteiger partial charge is 0.168 e. The van der Waals surface area contributed by atoms with E-state index < -0.39 is 22.8 Å². The summed E-state index contributed by atoms with van der Waals surface area (Å²) in [6, 6.07) is 3.69. The van der Waals surface area contributed by atoms with Crippen LogP contribution in [0, 0.1) is 23.0 Å². The highest BCUT2D eigenvalue weighted by molar-refractivity contribution is 5.45. The summed E-state index contributed by atoms with van der Waals surface area (Å²) < 4.78 is 26.0. The van der Waals surface area contributed by atoms with Gasteiger partial charge in [0, 0.05) is 11.6 Å². The first-order valence-electron chi connectivity index (χ1n) is 4.69. The number of halogens is 2. The third-order valence-corrected chi connectivity index (χ3v) is 2.96. The van der Waals surface area contributed by atoms with E-state index in [0.29, 0.717) is 18.9 Å². The van der Waals surface area contributed by atoms with Crippen LogP contribution in [0.5, 0.6) is 5.75 Å². The van der Waals surface area contributed by atoms with Gasteiger partial charge in [-0.25, -0.2) is 8.78 Å². The van der Waals surface area contributed by atoms with Gasteiger partial charge in [-0.2, -0.15) is 5.26 Å². The quantitative estimate of drug-likeness (QED) is 0.772. The summed E-state index contributed by atoms with van der Waals surface area (Å²) in [5.74, 6) is -2.37. The second-order valence-electron chi connectivity index (χ2n) is 3.83. The van der Waals surface area contributed by atoms with E-state index >= 15 is 0 Å². The van der Waals surface area contributed by atoms with Crippen molar-refractivity contribution in [2.45, 2.75) is 24.7 Å². The maximum Gasteiger partial charge on any atom is 0.168 e. The summed E-state index contributed by atoms with van der Waals surface area (Å²) in [7, 11) is 0. The zero-order valence-electron chi connectivity index (χ0n) is 7.93. The Labute approximate surface area is 85.8 Å². The molecule has 2 rings (SSSR count). The highest BCUT2D eigenvalue weighted by Gasteiger charge is 2.41. The largest absolute Gasteiger partial charge is 0.505 e. The number of phenols is 1. The van der Waals surface area contributed by atoms with Crippen molar-refractivity contribution < 1.29 is 13.9 Å². The van der Waals surface area contributed by atoms with Crippen molar-refractivity contribution in [3.05, 3.63) is 29.3 Å². The zero-order valence-corrected chi connectivity index (χ0v) is 7.93. The van der Waals surface area contributed by atoms with Crippen LogP contribution in [-0.4, -0.2) is 5.11 Å². The molecule has 0 heterocycles. The summed E-state index contributed by atoms with van der Waals surface area (Å²) in [4.78, 5) is 0. The minimum atomic E-state index is -1.01. The fourth-order valence-electron chi connectivity index (χ4n) is 1.90. The molecule has 0 bridgehead atoms. The lowest BCUT2D eigenvalue weighted by atomic mass is 9.65. The van der Waals surface area contributed by atoms with Gasteiger partial charge in [-0.1, -0.05) is 0 Å². The predicted octanol–water partition coefficient (Wildman–Crippen LogP) is 2.62. The third kappa shape index (κ3) is 1.35. The predicted molar refractivity (Wildman–Crippen MR) is 49.2 cm³/mol. The number of nitrogens with zero attached hydrogens (tertiary/aromatic N) is 1. The van der Waals surface area contributed by atoms with Crippen LogP contribution in [0.3, 0.4) is 0 Å². The molecular weight excluding hydrogens is 200 g/mol. The number of aromatic hydroxyl groups is 1. The zero-order chi connectivity index (χ0) is 11.1. The lowest BCUT2D eigenvalue weighted by Gasteiger charge is -2.35. The van der Waals surface area contributed by atoms with Crippen LogP contribution < -0.4 is 0 Å². The van der Waals surface area contributed by atoms with Crippen molar-refractivity contribution in [3.8, 4) is 11.8 Å². The molecule has 1 aromatic carbocycles. The van der Waals surface area contributed by atoms with Gasteiger partial charge < -0.3 is 5.11 Å². The van der Waals surface area contributed by atoms with Gasteiger partial charge >= 0.3 is 0 Å². The first kappa shape index (κ1) is 9.91. The molecule has 78 valence electrons. The van der Waals surface area contributed by atoms with Crippen molar-refractivity contribution in [1.82, 2.24) is 0 Å². The third-order valence-electron chi connectivity index (χ3n) is 2.96. The summed E-state index contributed by atoms with van der Waals surface area (Å²) in [5.41, 5.74) is -0.818. The Kier molecular flexibility index (Phi) is 2.11. The van der Waals surface area contributed by atoms with Gasteiger partial charge in [0.2, 0.25) is 0 Å². The van der Waals surface area contributed by atoms with Crippen molar-refractivity contribution in [1.29, 1.82) is 5.26 Å². The average molecular weight is 209 g/mol. The number of nitriles is 1. The maximum atomic E-state index is 13.1. The summed E-state index contributed by atoms with van der Waals surface area (Å²) in [5, 5.41) is 18.5. The van der Waals surface area contributed by atoms with Crippen LogP contribution in [0.25, 0.3) is 0 Å². The molecule has 0 aromatic heterocycles. The maximum absolute atomic E-state index is 13.1. The molecule has 1 aliphatic rings. The van der Waals surface area contributed by atoms with Gasteiger partial charge in [0.25, 0.3) is 0 Å². The monoisotopic (exact) mass is 209 g/mol. The molecule has 0 spiro atoms. The summed E-state index contributed by atoms with van der Waals surface area (Å²) in [6.45, 7) is 0. The normalized spacial score (nSPS) is 17.9. The van der Waals surface area contributed by atoms with Crippen LogP contribution in [0.15, 0.2) is 12.1 Å². The fraction of sp³-hybridized carbons (Fsp3) is 0.364. The van der Waals surface area contributed by atoms with Crippen LogP contribution in [0.2, 0.25) is 0 Å². The van der Waals surface area contributed by atoms with Gasteiger partial charge in [-0.15, -0.1) is 0 Å². The molecule has 1 fully saturated rings. The molecule has 0 unspecified atom stereocenters. The second-order valence-corrected chi connectivity index (χ2v) is 3.83. The van der Waals surface area contributed by atoms with E-state index in [1.165, 1.54) is 0 Å². The molecule has 1 aromatic rings. The summed E-state index contributed by atoms with van der Waals surface area (Å²) >= 11 is 0. The molecule has 0 saturated heterocycles. The molecule has 1 aliphatic carbocycles. The van der Waals surface area contributed by atoms with Crippen LogP contribution in [0.4, 0.5) is 8.78 Å². The van der Waals surface area contributed by atoms with E-state index in [1.54, 1.807) is 0 Å². The Bertz CT molecular complexity index is 447. The number of benzene rings is 1. The molecule has 15 heavy (non-hydrogen) atoms. The highest BCUT2D eigenvalue weighted by atomic mass is 19.1. The first-order chi connectivity index (χ1) is 7.09. The number of hydrogen-bond donors (Lipinski definition) is 1. The first-order valence-corrected chi connectivity index (χ1v) is 4.69. The number of hydrogen-bond acceptors (Lipinski definition) is 2.